The van der Waals surface area contributed by atoms with Crippen molar-refractivity contribution >= 4 is 5.69 Å². The van der Waals surface area contributed by atoms with E-state index in [0.29, 0.717) is 5.88 Å². The van der Waals surface area contributed by atoms with Gasteiger partial charge in [0, 0.05) is 25.9 Å². The molecule has 3 rings (SSSR count). The Morgan fingerprint density at radius 3 is 2.63 bits per heavy atom. The molecule has 3 heterocycles. The standard InChI is InChI=1S/C13H19N3O3/c1-4-14-15-13(19-11-2-7-17-8-3-11)12(1)16-5-9-18-10-6-16/h1,4,11H,2-3,5-10H2. The highest BCUT2D eigenvalue weighted by Crippen LogP contribution is 2.27. The molecule has 0 saturated carbocycles. The van der Waals surface area contributed by atoms with Crippen molar-refractivity contribution in [1.82, 2.24) is 10.2 Å². The molecule has 1 aromatic heterocycles. The zero-order chi connectivity index (χ0) is 12.9. The topological polar surface area (TPSA) is 56.7 Å². The van der Waals surface area contributed by atoms with Gasteiger partial charge in [-0.3, -0.25) is 0 Å². The number of ether oxygens (including phenoxy) is 3. The first-order valence-corrected chi connectivity index (χ1v) is 6.82. The van der Waals surface area contributed by atoms with Gasteiger partial charge >= 0.3 is 0 Å². The summed E-state index contributed by atoms with van der Waals surface area (Å²) in [6.45, 7) is 4.76. The third-order valence-corrected chi connectivity index (χ3v) is 3.47. The lowest BCUT2D eigenvalue weighted by molar-refractivity contribution is 0.0234. The summed E-state index contributed by atoms with van der Waals surface area (Å²) in [6.07, 6.45) is 3.73. The predicted octanol–water partition coefficient (Wildman–Crippen LogP) is 0.871. The van der Waals surface area contributed by atoms with Gasteiger partial charge in [-0.2, -0.15) is 5.10 Å². The van der Waals surface area contributed by atoms with E-state index in [1.54, 1.807) is 6.20 Å². The minimum atomic E-state index is 0.185. The van der Waals surface area contributed by atoms with Crippen LogP contribution in [0.5, 0.6) is 5.88 Å². The molecule has 1 aromatic rings. The second-order valence-corrected chi connectivity index (χ2v) is 4.75. The maximum Gasteiger partial charge on any atom is 0.257 e. The van der Waals surface area contributed by atoms with E-state index in [1.165, 1.54) is 0 Å². The Bertz CT molecular complexity index is 404. The quantitative estimate of drug-likeness (QED) is 0.808. The number of rotatable bonds is 3. The molecule has 19 heavy (non-hydrogen) atoms. The summed E-state index contributed by atoms with van der Waals surface area (Å²) in [5.41, 5.74) is 1.02. The summed E-state index contributed by atoms with van der Waals surface area (Å²) in [7, 11) is 0. The number of morpholine rings is 1. The lowest BCUT2D eigenvalue weighted by Gasteiger charge is -2.30. The van der Waals surface area contributed by atoms with Gasteiger partial charge in [0.05, 0.1) is 32.6 Å². The number of anilines is 1. The van der Waals surface area contributed by atoms with Gasteiger partial charge < -0.3 is 19.1 Å². The molecule has 0 unspecified atom stereocenters. The van der Waals surface area contributed by atoms with E-state index in [4.69, 9.17) is 14.2 Å². The molecule has 0 aromatic carbocycles. The highest BCUT2D eigenvalue weighted by molar-refractivity contribution is 5.54. The van der Waals surface area contributed by atoms with Crippen LogP contribution in [0.1, 0.15) is 12.8 Å². The lowest BCUT2D eigenvalue weighted by Crippen LogP contribution is -2.37. The minimum absolute atomic E-state index is 0.185. The van der Waals surface area contributed by atoms with E-state index >= 15 is 0 Å². The zero-order valence-corrected chi connectivity index (χ0v) is 11.0. The fraction of sp³-hybridized carbons (Fsp3) is 0.692. The zero-order valence-electron chi connectivity index (χ0n) is 11.0. The fourth-order valence-corrected chi connectivity index (χ4v) is 2.39. The third-order valence-electron chi connectivity index (χ3n) is 3.47. The molecule has 2 saturated heterocycles. The Labute approximate surface area is 112 Å². The maximum atomic E-state index is 6.00. The molecule has 6 heteroatoms. The van der Waals surface area contributed by atoms with Crippen LogP contribution in [0.2, 0.25) is 0 Å². The normalized spacial score (nSPS) is 21.4. The molecule has 6 nitrogen and oxygen atoms in total. The smallest absolute Gasteiger partial charge is 0.257 e. The molecule has 0 N–H and O–H groups in total. The largest absolute Gasteiger partial charge is 0.472 e. The molecular weight excluding hydrogens is 246 g/mol. The molecule has 0 radical (unpaired) electrons. The first-order chi connectivity index (χ1) is 9.43. The van der Waals surface area contributed by atoms with Crippen LogP contribution in [-0.4, -0.2) is 55.8 Å². The van der Waals surface area contributed by atoms with Gasteiger partial charge in [-0.1, -0.05) is 0 Å². The van der Waals surface area contributed by atoms with Gasteiger partial charge in [0.25, 0.3) is 5.88 Å². The summed E-state index contributed by atoms with van der Waals surface area (Å²) in [6, 6.07) is 1.97. The fourth-order valence-electron chi connectivity index (χ4n) is 2.39. The average molecular weight is 265 g/mol. The van der Waals surface area contributed by atoms with Crippen molar-refractivity contribution in [1.29, 1.82) is 0 Å². The van der Waals surface area contributed by atoms with E-state index in [9.17, 15) is 0 Å². The van der Waals surface area contributed by atoms with Crippen LogP contribution in [0, 0.1) is 0 Å². The monoisotopic (exact) mass is 265 g/mol. The van der Waals surface area contributed by atoms with E-state index in [-0.39, 0.29) is 6.10 Å². The van der Waals surface area contributed by atoms with Crippen LogP contribution < -0.4 is 9.64 Å². The number of nitrogens with zero attached hydrogens (tertiary/aromatic N) is 3. The second-order valence-electron chi connectivity index (χ2n) is 4.75. The van der Waals surface area contributed by atoms with Crippen molar-refractivity contribution in [2.24, 2.45) is 0 Å². The first-order valence-electron chi connectivity index (χ1n) is 6.82. The third kappa shape index (κ3) is 3.13. The Kier molecular flexibility index (Phi) is 4.10. The Morgan fingerprint density at radius 1 is 1.11 bits per heavy atom. The van der Waals surface area contributed by atoms with Gasteiger partial charge in [0.1, 0.15) is 11.8 Å². The van der Waals surface area contributed by atoms with Gasteiger partial charge in [0.2, 0.25) is 0 Å². The molecule has 2 fully saturated rings. The van der Waals surface area contributed by atoms with Crippen LogP contribution in [0.4, 0.5) is 5.69 Å². The van der Waals surface area contributed by atoms with Gasteiger partial charge in [-0.25, -0.2) is 0 Å². The molecule has 104 valence electrons. The molecule has 0 atom stereocenters. The van der Waals surface area contributed by atoms with Crippen LogP contribution in [0.3, 0.4) is 0 Å². The minimum Gasteiger partial charge on any atom is -0.472 e. The predicted molar refractivity (Wildman–Crippen MR) is 69.5 cm³/mol. The second kappa shape index (κ2) is 6.16. The van der Waals surface area contributed by atoms with Gasteiger partial charge in [-0.15, -0.1) is 5.10 Å². The number of aromatic nitrogens is 2. The molecule has 2 aliphatic heterocycles. The molecule has 0 amide bonds. The van der Waals surface area contributed by atoms with E-state index in [0.717, 1.165) is 58.0 Å². The van der Waals surface area contributed by atoms with Crippen LogP contribution in [0.25, 0.3) is 0 Å². The average Bonchev–Trinajstić information content (AvgIpc) is 2.50. The summed E-state index contributed by atoms with van der Waals surface area (Å²) in [5.74, 6) is 0.635. The van der Waals surface area contributed by atoms with Crippen molar-refractivity contribution in [2.45, 2.75) is 18.9 Å². The molecule has 2 aliphatic rings. The molecule has 0 spiro atoms. The van der Waals surface area contributed by atoms with Crippen molar-refractivity contribution < 1.29 is 14.2 Å². The summed E-state index contributed by atoms with van der Waals surface area (Å²) in [5, 5.41) is 8.09. The van der Waals surface area contributed by atoms with Crippen LogP contribution in [0.15, 0.2) is 12.3 Å². The molecular formula is C13H19N3O3. The molecule has 0 bridgehead atoms. The number of hydrogen-bond acceptors (Lipinski definition) is 6. The maximum absolute atomic E-state index is 6.00. The van der Waals surface area contributed by atoms with E-state index in [1.807, 2.05) is 6.07 Å². The van der Waals surface area contributed by atoms with E-state index < -0.39 is 0 Å². The molecule has 0 aliphatic carbocycles. The van der Waals surface area contributed by atoms with Crippen molar-refractivity contribution in [3.63, 3.8) is 0 Å². The summed E-state index contributed by atoms with van der Waals surface area (Å²) in [4.78, 5) is 2.24. The first kappa shape index (κ1) is 12.6. The van der Waals surface area contributed by atoms with Crippen molar-refractivity contribution in [3.8, 4) is 5.88 Å². The lowest BCUT2D eigenvalue weighted by atomic mass is 10.1. The van der Waals surface area contributed by atoms with E-state index in [2.05, 4.69) is 15.1 Å². The highest BCUT2D eigenvalue weighted by Gasteiger charge is 2.21. The summed E-state index contributed by atoms with van der Waals surface area (Å²) < 4.78 is 16.7. The Morgan fingerprint density at radius 2 is 1.84 bits per heavy atom. The Balaban J connectivity index is 1.72. The van der Waals surface area contributed by atoms with Gasteiger partial charge in [0.15, 0.2) is 0 Å². The summed E-state index contributed by atoms with van der Waals surface area (Å²) >= 11 is 0. The van der Waals surface area contributed by atoms with Crippen LogP contribution in [-0.2, 0) is 9.47 Å². The van der Waals surface area contributed by atoms with Gasteiger partial charge in [-0.05, 0) is 6.07 Å². The van der Waals surface area contributed by atoms with Crippen molar-refractivity contribution in [2.75, 3.05) is 44.4 Å². The Hall–Kier alpha value is -1.40. The van der Waals surface area contributed by atoms with Crippen LogP contribution >= 0.6 is 0 Å². The van der Waals surface area contributed by atoms with Crippen molar-refractivity contribution in [3.05, 3.63) is 12.3 Å². The highest BCUT2D eigenvalue weighted by atomic mass is 16.5. The number of hydrogen-bond donors (Lipinski definition) is 0. The SMILES string of the molecule is c1cc(N2CCOCC2)c(OC2CCOCC2)nn1.